The van der Waals surface area contributed by atoms with Crippen LogP contribution >= 0.6 is 11.3 Å². The fourth-order valence-corrected chi connectivity index (χ4v) is 3.00. The van der Waals surface area contributed by atoms with Crippen molar-refractivity contribution in [3.8, 4) is 17.2 Å². The molecule has 24 heavy (non-hydrogen) atoms. The summed E-state index contributed by atoms with van der Waals surface area (Å²) in [5.41, 5.74) is 7.26. The van der Waals surface area contributed by atoms with E-state index in [4.69, 9.17) is 19.9 Å². The normalized spacial score (nSPS) is 12.7. The number of nitrogens with zero attached hydrogens (tertiary/aromatic N) is 1. The highest BCUT2D eigenvalue weighted by Crippen LogP contribution is 2.36. The van der Waals surface area contributed by atoms with E-state index >= 15 is 0 Å². The van der Waals surface area contributed by atoms with Crippen molar-refractivity contribution in [2.45, 2.75) is 19.4 Å². The Labute approximate surface area is 143 Å². The number of carbonyl (C=O) groups excluding carboxylic acids is 1. The first kappa shape index (κ1) is 16.4. The first-order chi connectivity index (χ1) is 11.7. The molecule has 0 radical (unpaired) electrons. The summed E-state index contributed by atoms with van der Waals surface area (Å²) in [5, 5.41) is 5.27. The Morgan fingerprint density at radius 1 is 1.38 bits per heavy atom. The molecule has 3 N–H and O–H groups in total. The first-order valence-corrected chi connectivity index (χ1v) is 8.47. The Hall–Kier alpha value is -2.48. The van der Waals surface area contributed by atoms with E-state index in [1.807, 2.05) is 11.4 Å². The molecule has 1 aliphatic heterocycles. The van der Waals surface area contributed by atoms with Gasteiger partial charge in [-0.2, -0.15) is 0 Å². The molecule has 2 heterocycles. The summed E-state index contributed by atoms with van der Waals surface area (Å²) in [6, 6.07) is 3.63. The number of aromatic nitrogens is 1. The number of rotatable bonds is 6. The lowest BCUT2D eigenvalue weighted by molar-refractivity contribution is -0.121. The standard InChI is InChI=1S/C16H19N3O4S/c1-21-12-7-14-13(22-4-5-23-14)6-10(12)8-18-15(20)3-2-11-9-24-16(17)19-11/h6-7,9H,2-5,8H2,1H3,(H2,17,19)(H,18,20). The number of hydrogen-bond acceptors (Lipinski definition) is 7. The highest BCUT2D eigenvalue weighted by atomic mass is 32.1. The molecule has 7 nitrogen and oxygen atoms in total. The maximum atomic E-state index is 12.0. The number of thiazole rings is 1. The van der Waals surface area contributed by atoms with Crippen molar-refractivity contribution in [2.24, 2.45) is 0 Å². The van der Waals surface area contributed by atoms with Crippen molar-refractivity contribution in [3.63, 3.8) is 0 Å². The molecule has 1 amide bonds. The van der Waals surface area contributed by atoms with E-state index in [0.29, 0.717) is 55.0 Å². The molecule has 8 heteroatoms. The number of methoxy groups -OCH3 is 1. The predicted octanol–water partition coefficient (Wildman–Crippen LogP) is 1.75. The number of benzene rings is 1. The van der Waals surface area contributed by atoms with E-state index in [2.05, 4.69) is 10.3 Å². The number of anilines is 1. The molecule has 0 fully saturated rings. The van der Waals surface area contributed by atoms with E-state index in [-0.39, 0.29) is 5.91 Å². The Bertz CT molecular complexity index is 732. The third-order valence-electron chi connectivity index (χ3n) is 3.60. The maximum Gasteiger partial charge on any atom is 0.220 e. The summed E-state index contributed by atoms with van der Waals surface area (Å²) in [7, 11) is 1.59. The number of nitrogens with two attached hydrogens (primary N) is 1. The molecule has 1 aromatic heterocycles. The molecule has 1 aliphatic rings. The van der Waals surface area contributed by atoms with Gasteiger partial charge in [0.1, 0.15) is 19.0 Å². The van der Waals surface area contributed by atoms with Crippen LogP contribution in [0.2, 0.25) is 0 Å². The van der Waals surface area contributed by atoms with Gasteiger partial charge in [-0.1, -0.05) is 0 Å². The summed E-state index contributed by atoms with van der Waals surface area (Å²) in [4.78, 5) is 16.2. The summed E-state index contributed by atoms with van der Waals surface area (Å²) >= 11 is 1.38. The molecule has 1 aromatic carbocycles. The maximum absolute atomic E-state index is 12.0. The molecule has 0 bridgehead atoms. The van der Waals surface area contributed by atoms with Crippen molar-refractivity contribution in [3.05, 3.63) is 28.8 Å². The van der Waals surface area contributed by atoms with Crippen LogP contribution in [0.25, 0.3) is 0 Å². The number of carbonyl (C=O) groups is 1. The van der Waals surface area contributed by atoms with Gasteiger partial charge in [-0.25, -0.2) is 4.98 Å². The average molecular weight is 349 g/mol. The molecule has 0 aliphatic carbocycles. The summed E-state index contributed by atoms with van der Waals surface area (Å²) < 4.78 is 16.5. The number of hydrogen-bond donors (Lipinski definition) is 2. The monoisotopic (exact) mass is 349 g/mol. The molecule has 0 atom stereocenters. The van der Waals surface area contributed by atoms with Gasteiger partial charge < -0.3 is 25.3 Å². The van der Waals surface area contributed by atoms with Crippen LogP contribution in [-0.2, 0) is 17.8 Å². The van der Waals surface area contributed by atoms with Crippen LogP contribution < -0.4 is 25.3 Å². The molecule has 0 saturated carbocycles. The first-order valence-electron chi connectivity index (χ1n) is 7.59. The molecule has 3 rings (SSSR count). The Morgan fingerprint density at radius 3 is 2.79 bits per heavy atom. The van der Waals surface area contributed by atoms with Crippen LogP contribution in [0.5, 0.6) is 17.2 Å². The van der Waals surface area contributed by atoms with Crippen molar-refractivity contribution >= 4 is 22.4 Å². The molecule has 0 spiro atoms. The fraction of sp³-hybridized carbons (Fsp3) is 0.375. The second kappa shape index (κ2) is 7.39. The second-order valence-corrected chi connectivity index (χ2v) is 6.15. The number of fused-ring (bicyclic) bond motifs is 1. The highest BCUT2D eigenvalue weighted by Gasteiger charge is 2.16. The number of amides is 1. The van der Waals surface area contributed by atoms with E-state index in [9.17, 15) is 4.79 Å². The Balaban J connectivity index is 1.58. The van der Waals surface area contributed by atoms with Crippen molar-refractivity contribution in [1.29, 1.82) is 0 Å². The quantitative estimate of drug-likeness (QED) is 0.825. The van der Waals surface area contributed by atoms with Crippen LogP contribution in [0.3, 0.4) is 0 Å². The van der Waals surface area contributed by atoms with Crippen molar-refractivity contribution < 1.29 is 19.0 Å². The summed E-state index contributed by atoms with van der Waals surface area (Å²) in [6.07, 6.45) is 0.924. The highest BCUT2D eigenvalue weighted by molar-refractivity contribution is 7.13. The number of nitrogen functional groups attached to an aromatic ring is 1. The van der Waals surface area contributed by atoms with Gasteiger partial charge in [0.05, 0.1) is 12.8 Å². The second-order valence-electron chi connectivity index (χ2n) is 5.26. The Morgan fingerprint density at radius 2 is 2.12 bits per heavy atom. The van der Waals surface area contributed by atoms with Gasteiger partial charge in [-0.05, 0) is 12.5 Å². The van der Waals surface area contributed by atoms with Crippen LogP contribution in [0.4, 0.5) is 5.13 Å². The minimum atomic E-state index is -0.0569. The van der Waals surface area contributed by atoms with Gasteiger partial charge in [0.15, 0.2) is 16.6 Å². The van der Waals surface area contributed by atoms with Gasteiger partial charge in [0.2, 0.25) is 5.91 Å². The topological polar surface area (TPSA) is 95.7 Å². The lowest BCUT2D eigenvalue weighted by Crippen LogP contribution is -2.23. The van der Waals surface area contributed by atoms with Crippen LogP contribution in [0.15, 0.2) is 17.5 Å². The Kier molecular flexibility index (Phi) is 5.05. The van der Waals surface area contributed by atoms with Gasteiger partial charge in [0, 0.05) is 30.0 Å². The predicted molar refractivity (Wildman–Crippen MR) is 90.7 cm³/mol. The smallest absolute Gasteiger partial charge is 0.220 e. The van der Waals surface area contributed by atoms with E-state index in [1.165, 1.54) is 11.3 Å². The van der Waals surface area contributed by atoms with Gasteiger partial charge in [-0.15, -0.1) is 11.3 Å². The molecule has 128 valence electrons. The summed E-state index contributed by atoms with van der Waals surface area (Å²) in [5.74, 6) is 1.93. The largest absolute Gasteiger partial charge is 0.496 e. The van der Waals surface area contributed by atoms with Crippen LogP contribution in [-0.4, -0.2) is 31.2 Å². The van der Waals surface area contributed by atoms with Crippen molar-refractivity contribution in [1.82, 2.24) is 10.3 Å². The molecular formula is C16H19N3O4S. The lowest BCUT2D eigenvalue weighted by Gasteiger charge is -2.20. The number of aryl methyl sites for hydroxylation is 1. The zero-order valence-corrected chi connectivity index (χ0v) is 14.1. The minimum Gasteiger partial charge on any atom is -0.496 e. The van der Waals surface area contributed by atoms with Gasteiger partial charge >= 0.3 is 0 Å². The third-order valence-corrected chi connectivity index (χ3v) is 4.32. The minimum absolute atomic E-state index is 0.0569. The molecule has 2 aromatic rings. The zero-order valence-electron chi connectivity index (χ0n) is 13.3. The van der Waals surface area contributed by atoms with Gasteiger partial charge in [0.25, 0.3) is 0 Å². The van der Waals surface area contributed by atoms with E-state index in [0.717, 1.165) is 11.3 Å². The number of nitrogens with one attached hydrogen (secondary N) is 1. The number of ether oxygens (including phenoxy) is 3. The van der Waals surface area contributed by atoms with Gasteiger partial charge in [-0.3, -0.25) is 4.79 Å². The van der Waals surface area contributed by atoms with Crippen LogP contribution in [0.1, 0.15) is 17.7 Å². The van der Waals surface area contributed by atoms with Crippen molar-refractivity contribution in [2.75, 3.05) is 26.1 Å². The average Bonchev–Trinajstić information content (AvgIpc) is 3.02. The lowest BCUT2D eigenvalue weighted by atomic mass is 10.1. The van der Waals surface area contributed by atoms with E-state index < -0.39 is 0 Å². The molecule has 0 unspecified atom stereocenters. The zero-order chi connectivity index (χ0) is 16.9. The van der Waals surface area contributed by atoms with E-state index in [1.54, 1.807) is 13.2 Å². The summed E-state index contributed by atoms with van der Waals surface area (Å²) in [6.45, 7) is 1.40. The third kappa shape index (κ3) is 3.88. The fourth-order valence-electron chi connectivity index (χ4n) is 2.40. The molecular weight excluding hydrogens is 330 g/mol. The molecule has 0 saturated heterocycles. The van der Waals surface area contributed by atoms with Crippen LogP contribution in [0, 0.1) is 0 Å². The SMILES string of the molecule is COc1cc2c(cc1CNC(=O)CCc1csc(N)n1)OCCO2.